The third-order valence-corrected chi connectivity index (χ3v) is 5.05. The molecule has 0 aliphatic heterocycles. The average Bonchev–Trinajstić information content (AvgIpc) is 2.75. The molecule has 8 N–H and O–H groups in total. The first-order chi connectivity index (χ1) is 15.0. The lowest BCUT2D eigenvalue weighted by Crippen LogP contribution is -2.56. The molecule has 11 heteroatoms. The second-order valence-corrected chi connectivity index (χ2v) is 7.68. The molecule has 0 aromatic heterocycles. The van der Waals surface area contributed by atoms with Crippen molar-refractivity contribution in [2.75, 3.05) is 6.54 Å². The number of aliphatic hydroxyl groups excluding tert-OH is 1. The Labute approximate surface area is 186 Å². The van der Waals surface area contributed by atoms with Crippen molar-refractivity contribution in [3.05, 3.63) is 29.8 Å². The lowest BCUT2D eigenvalue weighted by molar-refractivity contribution is -0.143. The highest BCUT2D eigenvalue weighted by molar-refractivity contribution is 5.92. The molecule has 0 fully saturated rings. The van der Waals surface area contributed by atoms with E-state index >= 15 is 0 Å². The Morgan fingerprint density at radius 2 is 1.62 bits per heavy atom. The van der Waals surface area contributed by atoms with Crippen LogP contribution in [0.1, 0.15) is 32.8 Å². The fraction of sp³-hybridized carbons (Fsp3) is 0.524. The van der Waals surface area contributed by atoms with Crippen molar-refractivity contribution in [2.24, 2.45) is 11.7 Å². The van der Waals surface area contributed by atoms with Gasteiger partial charge in [-0.05, 0) is 30.5 Å². The third kappa shape index (κ3) is 8.52. The highest BCUT2D eigenvalue weighted by atomic mass is 16.4. The number of hydrogen-bond donors (Lipinski definition) is 7. The van der Waals surface area contributed by atoms with Crippen LogP contribution in [-0.2, 0) is 25.6 Å². The van der Waals surface area contributed by atoms with Gasteiger partial charge in [0.1, 0.15) is 23.9 Å². The van der Waals surface area contributed by atoms with Crippen LogP contribution >= 0.6 is 0 Å². The molecule has 0 radical (unpaired) electrons. The lowest BCUT2D eigenvalue weighted by Gasteiger charge is -2.24. The SMILES string of the molecule is CCC(C)C(NC(=O)C(Cc1ccc(O)cc1)NC(=O)CNC(=O)C(N)C(C)O)C(=O)O. The molecular formula is C21H32N4O7. The summed E-state index contributed by atoms with van der Waals surface area (Å²) in [7, 11) is 0. The molecule has 178 valence electrons. The van der Waals surface area contributed by atoms with Crippen LogP contribution in [0.15, 0.2) is 24.3 Å². The Bertz CT molecular complexity index is 798. The molecule has 0 heterocycles. The van der Waals surface area contributed by atoms with Gasteiger partial charge >= 0.3 is 5.97 Å². The minimum Gasteiger partial charge on any atom is -0.508 e. The van der Waals surface area contributed by atoms with Crippen LogP contribution in [0.3, 0.4) is 0 Å². The van der Waals surface area contributed by atoms with Crippen molar-refractivity contribution in [1.29, 1.82) is 0 Å². The molecular weight excluding hydrogens is 420 g/mol. The maximum absolute atomic E-state index is 12.8. The number of amides is 3. The zero-order chi connectivity index (χ0) is 24.4. The van der Waals surface area contributed by atoms with Crippen LogP contribution in [0.4, 0.5) is 0 Å². The first-order valence-electron chi connectivity index (χ1n) is 10.3. The molecule has 0 aliphatic carbocycles. The number of phenolic OH excluding ortho intramolecular Hbond substituents is 1. The van der Waals surface area contributed by atoms with Crippen molar-refractivity contribution in [3.63, 3.8) is 0 Å². The van der Waals surface area contributed by atoms with E-state index in [4.69, 9.17) is 5.73 Å². The third-order valence-electron chi connectivity index (χ3n) is 5.05. The van der Waals surface area contributed by atoms with Crippen molar-refractivity contribution < 1.29 is 34.5 Å². The topological polar surface area (TPSA) is 191 Å². The van der Waals surface area contributed by atoms with Crippen LogP contribution in [0.25, 0.3) is 0 Å². The van der Waals surface area contributed by atoms with E-state index in [1.165, 1.54) is 19.1 Å². The van der Waals surface area contributed by atoms with Gasteiger partial charge in [-0.25, -0.2) is 4.79 Å². The molecule has 1 aromatic rings. The predicted octanol–water partition coefficient (Wildman–Crippen LogP) is -1.14. The maximum atomic E-state index is 12.8. The van der Waals surface area contributed by atoms with E-state index in [1.807, 2.05) is 0 Å². The number of benzene rings is 1. The second kappa shape index (κ2) is 12.6. The van der Waals surface area contributed by atoms with Gasteiger partial charge < -0.3 is 37.0 Å². The number of nitrogens with one attached hydrogen (secondary N) is 3. The Morgan fingerprint density at radius 1 is 1.03 bits per heavy atom. The zero-order valence-corrected chi connectivity index (χ0v) is 18.4. The predicted molar refractivity (Wildman–Crippen MR) is 115 cm³/mol. The van der Waals surface area contributed by atoms with Gasteiger partial charge in [0, 0.05) is 6.42 Å². The van der Waals surface area contributed by atoms with Crippen LogP contribution < -0.4 is 21.7 Å². The monoisotopic (exact) mass is 452 g/mol. The first kappa shape index (κ1) is 26.9. The van der Waals surface area contributed by atoms with Gasteiger partial charge in [0.15, 0.2) is 0 Å². The van der Waals surface area contributed by atoms with E-state index in [9.17, 15) is 34.5 Å². The van der Waals surface area contributed by atoms with Crippen molar-refractivity contribution in [1.82, 2.24) is 16.0 Å². The summed E-state index contributed by atoms with van der Waals surface area (Å²) in [5.74, 6) is -3.66. The minimum absolute atomic E-state index is 0.0197. The second-order valence-electron chi connectivity index (χ2n) is 7.68. The number of carbonyl (C=O) groups excluding carboxylic acids is 3. The minimum atomic E-state index is -1.22. The van der Waals surface area contributed by atoms with Gasteiger partial charge in [-0.3, -0.25) is 14.4 Å². The molecule has 0 spiro atoms. The number of carboxylic acids is 1. The first-order valence-corrected chi connectivity index (χ1v) is 10.3. The summed E-state index contributed by atoms with van der Waals surface area (Å²) in [6.45, 7) is 4.32. The van der Waals surface area contributed by atoms with Crippen LogP contribution in [-0.4, -0.2) is 69.8 Å². The Morgan fingerprint density at radius 3 is 2.12 bits per heavy atom. The maximum Gasteiger partial charge on any atom is 0.326 e. The van der Waals surface area contributed by atoms with Crippen LogP contribution in [0.2, 0.25) is 0 Å². The van der Waals surface area contributed by atoms with E-state index in [0.29, 0.717) is 12.0 Å². The molecule has 0 saturated heterocycles. The summed E-state index contributed by atoms with van der Waals surface area (Å²) in [5, 5.41) is 35.4. The van der Waals surface area contributed by atoms with E-state index in [1.54, 1.807) is 26.0 Å². The van der Waals surface area contributed by atoms with E-state index in [2.05, 4.69) is 16.0 Å². The summed E-state index contributed by atoms with van der Waals surface area (Å²) >= 11 is 0. The summed E-state index contributed by atoms with van der Waals surface area (Å²) < 4.78 is 0. The molecule has 0 bridgehead atoms. The van der Waals surface area contributed by atoms with Crippen LogP contribution in [0, 0.1) is 5.92 Å². The zero-order valence-electron chi connectivity index (χ0n) is 18.4. The Balaban J connectivity index is 2.93. The molecule has 3 amide bonds. The summed E-state index contributed by atoms with van der Waals surface area (Å²) in [4.78, 5) is 48.6. The summed E-state index contributed by atoms with van der Waals surface area (Å²) in [6, 6.07) is 2.47. The number of phenols is 1. The Hall–Kier alpha value is -3.18. The Kier molecular flexibility index (Phi) is 10.6. The van der Waals surface area contributed by atoms with Gasteiger partial charge in [-0.2, -0.15) is 0 Å². The van der Waals surface area contributed by atoms with Gasteiger partial charge in [0.05, 0.1) is 12.6 Å². The van der Waals surface area contributed by atoms with Crippen molar-refractivity contribution in [2.45, 2.75) is 57.8 Å². The molecule has 5 atom stereocenters. The van der Waals surface area contributed by atoms with E-state index < -0.39 is 54.5 Å². The quantitative estimate of drug-likeness (QED) is 0.207. The van der Waals surface area contributed by atoms with Crippen molar-refractivity contribution in [3.8, 4) is 5.75 Å². The number of rotatable bonds is 12. The number of aliphatic hydroxyl groups is 1. The molecule has 1 rings (SSSR count). The molecule has 32 heavy (non-hydrogen) atoms. The normalized spacial score (nSPS) is 15.5. The summed E-state index contributed by atoms with van der Waals surface area (Å²) in [6.07, 6.45) is -0.576. The molecule has 5 unspecified atom stereocenters. The van der Waals surface area contributed by atoms with Crippen molar-refractivity contribution >= 4 is 23.7 Å². The smallest absolute Gasteiger partial charge is 0.326 e. The van der Waals surface area contributed by atoms with Crippen LogP contribution in [0.5, 0.6) is 5.75 Å². The number of aromatic hydroxyl groups is 1. The molecule has 0 saturated carbocycles. The number of carbonyl (C=O) groups is 4. The average molecular weight is 453 g/mol. The highest BCUT2D eigenvalue weighted by Gasteiger charge is 2.30. The number of hydrogen-bond acceptors (Lipinski definition) is 7. The molecule has 0 aliphatic rings. The summed E-state index contributed by atoms with van der Waals surface area (Å²) in [5.41, 5.74) is 6.11. The fourth-order valence-electron chi connectivity index (χ4n) is 2.76. The van der Waals surface area contributed by atoms with Gasteiger partial charge in [-0.1, -0.05) is 32.4 Å². The number of carboxylic acid groups (broad SMARTS) is 1. The molecule has 11 nitrogen and oxygen atoms in total. The number of aliphatic carboxylic acids is 1. The molecule has 1 aromatic carbocycles. The standard InChI is InChI=1S/C21H32N4O7/c1-4-11(2)18(21(31)32)25-19(29)15(9-13-5-7-14(27)8-6-13)24-16(28)10-23-20(30)17(22)12(3)26/h5-8,11-12,15,17-18,26-27H,4,9-10,22H2,1-3H3,(H,23,30)(H,24,28)(H,25,29)(H,31,32). The fourth-order valence-corrected chi connectivity index (χ4v) is 2.76. The van der Waals surface area contributed by atoms with Gasteiger partial charge in [-0.15, -0.1) is 0 Å². The van der Waals surface area contributed by atoms with E-state index in [0.717, 1.165) is 0 Å². The van der Waals surface area contributed by atoms with Gasteiger partial charge in [0.2, 0.25) is 17.7 Å². The van der Waals surface area contributed by atoms with Gasteiger partial charge in [0.25, 0.3) is 0 Å². The van der Waals surface area contributed by atoms with E-state index in [-0.39, 0.29) is 18.1 Å². The largest absolute Gasteiger partial charge is 0.508 e. The lowest BCUT2D eigenvalue weighted by atomic mass is 9.98. The number of nitrogens with two attached hydrogens (primary N) is 1. The highest BCUT2D eigenvalue weighted by Crippen LogP contribution is 2.13.